The van der Waals surface area contributed by atoms with Gasteiger partial charge >= 0.3 is 0 Å². The van der Waals surface area contributed by atoms with Gasteiger partial charge in [-0.1, -0.05) is 24.1 Å². The van der Waals surface area contributed by atoms with E-state index in [9.17, 15) is 5.11 Å². The van der Waals surface area contributed by atoms with Crippen LogP contribution in [-0.2, 0) is 6.54 Å². The summed E-state index contributed by atoms with van der Waals surface area (Å²) in [7, 11) is 0. The lowest BCUT2D eigenvalue weighted by Crippen LogP contribution is -2.44. The Hall–Kier alpha value is -1.20. The molecule has 0 amide bonds. The van der Waals surface area contributed by atoms with Crippen LogP contribution in [0.3, 0.4) is 0 Å². The number of hydrogen-bond acceptors (Lipinski definition) is 5. The van der Waals surface area contributed by atoms with Crippen molar-refractivity contribution in [3.63, 3.8) is 0 Å². The summed E-state index contributed by atoms with van der Waals surface area (Å²) in [5.74, 6) is 2.08. The van der Waals surface area contributed by atoms with E-state index in [1.807, 2.05) is 6.08 Å². The third-order valence-corrected chi connectivity index (χ3v) is 5.21. The number of nitrogens with zero attached hydrogens (tertiary/aromatic N) is 3. The van der Waals surface area contributed by atoms with Gasteiger partial charge in [0.2, 0.25) is 5.89 Å². The second-order valence-corrected chi connectivity index (χ2v) is 7.00. The molecule has 1 aromatic heterocycles. The number of allylic oxidation sites excluding steroid dienone is 1. The minimum atomic E-state index is -0.0436. The van der Waals surface area contributed by atoms with Gasteiger partial charge in [0.1, 0.15) is 0 Å². The molecule has 5 heteroatoms. The fraction of sp³-hybridized carbons (Fsp3) is 0.765. The van der Waals surface area contributed by atoms with Crippen LogP contribution in [0.4, 0.5) is 0 Å². The molecule has 1 aliphatic carbocycles. The zero-order valence-corrected chi connectivity index (χ0v) is 13.3. The average molecular weight is 305 g/mol. The van der Waals surface area contributed by atoms with Gasteiger partial charge in [-0.05, 0) is 38.6 Å². The van der Waals surface area contributed by atoms with Crippen molar-refractivity contribution in [3.05, 3.63) is 24.4 Å². The monoisotopic (exact) mass is 305 g/mol. The van der Waals surface area contributed by atoms with Gasteiger partial charge in [-0.25, -0.2) is 0 Å². The number of aliphatic hydroxyl groups is 1. The molecule has 22 heavy (non-hydrogen) atoms. The maximum atomic E-state index is 9.78. The molecule has 3 rings (SSSR count). The van der Waals surface area contributed by atoms with Crippen LogP contribution in [0.1, 0.15) is 62.6 Å². The van der Waals surface area contributed by atoms with Crippen molar-refractivity contribution in [2.24, 2.45) is 5.41 Å². The van der Waals surface area contributed by atoms with E-state index in [1.54, 1.807) is 0 Å². The fourth-order valence-electron chi connectivity index (χ4n) is 3.98. The van der Waals surface area contributed by atoms with E-state index in [4.69, 9.17) is 4.52 Å². The van der Waals surface area contributed by atoms with E-state index in [0.29, 0.717) is 5.92 Å². The summed E-state index contributed by atoms with van der Waals surface area (Å²) in [6, 6.07) is 0. The molecule has 0 unspecified atom stereocenters. The minimum absolute atomic E-state index is 0.0436. The minimum Gasteiger partial charge on any atom is -0.396 e. The SMILES string of the molecule is C=CC[C@@]1(CO)CCCN(Cc2noc(C3CCCC3)n2)C1. The van der Waals surface area contributed by atoms with Gasteiger partial charge in [0.05, 0.1) is 13.2 Å². The Bertz CT molecular complexity index is 496. The van der Waals surface area contributed by atoms with Crippen molar-refractivity contribution < 1.29 is 9.63 Å². The molecule has 1 atom stereocenters. The van der Waals surface area contributed by atoms with Crippen molar-refractivity contribution >= 4 is 0 Å². The first-order valence-electron chi connectivity index (χ1n) is 8.51. The second kappa shape index (κ2) is 6.92. The summed E-state index contributed by atoms with van der Waals surface area (Å²) in [5, 5.41) is 13.9. The molecule has 1 aromatic rings. The normalized spacial score (nSPS) is 27.3. The second-order valence-electron chi connectivity index (χ2n) is 7.00. The molecule has 1 saturated carbocycles. The van der Waals surface area contributed by atoms with Gasteiger partial charge in [-0.3, -0.25) is 4.90 Å². The summed E-state index contributed by atoms with van der Waals surface area (Å²) in [4.78, 5) is 6.94. The van der Waals surface area contributed by atoms with Crippen LogP contribution in [0.25, 0.3) is 0 Å². The maximum absolute atomic E-state index is 9.78. The van der Waals surface area contributed by atoms with Gasteiger partial charge < -0.3 is 9.63 Å². The first-order chi connectivity index (χ1) is 10.7. The summed E-state index contributed by atoms with van der Waals surface area (Å²) in [5.41, 5.74) is -0.0436. The summed E-state index contributed by atoms with van der Waals surface area (Å²) in [6.07, 6.45) is 9.85. The number of rotatable bonds is 6. The highest BCUT2D eigenvalue weighted by molar-refractivity contribution is 4.98. The molecule has 0 aromatic carbocycles. The molecule has 0 spiro atoms. The molecule has 2 heterocycles. The zero-order chi connectivity index (χ0) is 15.4. The van der Waals surface area contributed by atoms with Crippen molar-refractivity contribution in [2.75, 3.05) is 19.7 Å². The van der Waals surface area contributed by atoms with Gasteiger partial charge in [0.15, 0.2) is 5.82 Å². The molecule has 2 aliphatic rings. The number of likely N-dealkylation sites (tertiary alicyclic amines) is 1. The van der Waals surface area contributed by atoms with E-state index in [-0.39, 0.29) is 12.0 Å². The zero-order valence-electron chi connectivity index (χ0n) is 13.3. The van der Waals surface area contributed by atoms with Crippen LogP contribution in [0.2, 0.25) is 0 Å². The quantitative estimate of drug-likeness (QED) is 0.819. The topological polar surface area (TPSA) is 62.4 Å². The van der Waals surface area contributed by atoms with Crippen LogP contribution in [-0.4, -0.2) is 39.8 Å². The summed E-state index contributed by atoms with van der Waals surface area (Å²) < 4.78 is 5.46. The molecule has 1 aliphatic heterocycles. The van der Waals surface area contributed by atoms with Crippen molar-refractivity contribution in [1.82, 2.24) is 15.0 Å². The van der Waals surface area contributed by atoms with Gasteiger partial charge in [-0.15, -0.1) is 6.58 Å². The molecule has 122 valence electrons. The predicted octanol–water partition coefficient (Wildman–Crippen LogP) is 2.88. The van der Waals surface area contributed by atoms with Crippen molar-refractivity contribution in [1.29, 1.82) is 0 Å². The lowest BCUT2D eigenvalue weighted by molar-refractivity contribution is 0.0295. The molecule has 1 saturated heterocycles. The largest absolute Gasteiger partial charge is 0.396 e. The third kappa shape index (κ3) is 3.41. The summed E-state index contributed by atoms with van der Waals surface area (Å²) in [6.45, 7) is 6.68. The standard InChI is InChI=1S/C17H27N3O2/c1-2-8-17(13-21)9-5-10-20(12-17)11-15-18-16(22-19-15)14-6-3-4-7-14/h2,14,21H,1,3-13H2/t17-/m1/s1. The number of aromatic nitrogens is 2. The Morgan fingerprint density at radius 2 is 2.18 bits per heavy atom. The number of piperidine rings is 1. The van der Waals surface area contributed by atoms with E-state index in [0.717, 1.165) is 50.6 Å². The smallest absolute Gasteiger partial charge is 0.229 e. The Kier molecular flexibility index (Phi) is 4.93. The molecular formula is C17H27N3O2. The van der Waals surface area contributed by atoms with Crippen LogP contribution in [0, 0.1) is 5.41 Å². The van der Waals surface area contributed by atoms with Crippen molar-refractivity contribution in [2.45, 2.75) is 57.4 Å². The lowest BCUT2D eigenvalue weighted by Gasteiger charge is -2.41. The van der Waals surface area contributed by atoms with Crippen molar-refractivity contribution in [3.8, 4) is 0 Å². The highest BCUT2D eigenvalue weighted by Crippen LogP contribution is 2.35. The van der Waals surface area contributed by atoms with Crippen LogP contribution < -0.4 is 0 Å². The Morgan fingerprint density at radius 1 is 1.36 bits per heavy atom. The fourth-order valence-corrected chi connectivity index (χ4v) is 3.98. The molecule has 0 bridgehead atoms. The van der Waals surface area contributed by atoms with E-state index < -0.39 is 0 Å². The first kappa shape index (κ1) is 15.7. The molecule has 2 fully saturated rings. The lowest BCUT2D eigenvalue weighted by atomic mass is 9.78. The maximum Gasteiger partial charge on any atom is 0.229 e. The highest BCUT2D eigenvalue weighted by Gasteiger charge is 2.34. The molecule has 5 nitrogen and oxygen atoms in total. The predicted molar refractivity (Wildman–Crippen MR) is 84.4 cm³/mol. The Labute approximate surface area is 132 Å². The van der Waals surface area contributed by atoms with Gasteiger partial charge in [0, 0.05) is 17.9 Å². The molecule has 0 radical (unpaired) electrons. The molecular weight excluding hydrogens is 278 g/mol. The van der Waals surface area contributed by atoms with Crippen LogP contribution >= 0.6 is 0 Å². The third-order valence-electron chi connectivity index (χ3n) is 5.21. The number of aliphatic hydroxyl groups excluding tert-OH is 1. The van der Waals surface area contributed by atoms with E-state index in [2.05, 4.69) is 21.6 Å². The van der Waals surface area contributed by atoms with Crippen LogP contribution in [0.5, 0.6) is 0 Å². The summed E-state index contributed by atoms with van der Waals surface area (Å²) >= 11 is 0. The van der Waals surface area contributed by atoms with Gasteiger partial charge in [-0.2, -0.15) is 4.98 Å². The van der Waals surface area contributed by atoms with Gasteiger partial charge in [0.25, 0.3) is 0 Å². The van der Waals surface area contributed by atoms with E-state index >= 15 is 0 Å². The Morgan fingerprint density at radius 3 is 2.91 bits per heavy atom. The van der Waals surface area contributed by atoms with E-state index in [1.165, 1.54) is 25.7 Å². The Balaban J connectivity index is 1.61. The molecule has 1 N–H and O–H groups in total. The number of hydrogen-bond donors (Lipinski definition) is 1. The first-order valence-corrected chi connectivity index (χ1v) is 8.51. The average Bonchev–Trinajstić information content (AvgIpc) is 3.19. The highest BCUT2D eigenvalue weighted by atomic mass is 16.5. The van der Waals surface area contributed by atoms with Crippen LogP contribution in [0.15, 0.2) is 17.2 Å².